The van der Waals surface area contributed by atoms with Gasteiger partial charge in [-0.3, -0.25) is 0 Å². The molecule has 0 aromatic rings. The highest BCUT2D eigenvalue weighted by molar-refractivity contribution is 5.78. The van der Waals surface area contributed by atoms with Gasteiger partial charge in [0, 0.05) is 11.8 Å². The first-order valence-electron chi connectivity index (χ1n) is 5.59. The third-order valence-electron chi connectivity index (χ3n) is 3.58. The summed E-state index contributed by atoms with van der Waals surface area (Å²) in [5.41, 5.74) is 1.21. The van der Waals surface area contributed by atoms with E-state index in [4.69, 9.17) is 9.47 Å². The standard InChI is InChI=1S/C12H12O5/c1-2-3-6-4-7-5-8(6)10-9(7)15-11(13)17-12(14)16-10/h2,4,7-10H,1,3,5H2. The number of carbonyl (C=O) groups is 2. The van der Waals surface area contributed by atoms with E-state index < -0.39 is 24.5 Å². The van der Waals surface area contributed by atoms with Gasteiger partial charge in [-0.25, -0.2) is 9.59 Å². The molecule has 1 heterocycles. The second kappa shape index (κ2) is 3.61. The van der Waals surface area contributed by atoms with E-state index in [0.717, 1.165) is 12.8 Å². The van der Waals surface area contributed by atoms with E-state index in [1.165, 1.54) is 5.57 Å². The molecule has 2 bridgehead atoms. The smallest absolute Gasteiger partial charge is 0.426 e. The van der Waals surface area contributed by atoms with E-state index in [1.54, 1.807) is 0 Å². The van der Waals surface area contributed by atoms with Gasteiger partial charge in [0.15, 0.2) is 0 Å². The lowest BCUT2D eigenvalue weighted by Crippen LogP contribution is -2.36. The Labute approximate surface area is 98.0 Å². The Morgan fingerprint density at radius 2 is 2.00 bits per heavy atom. The molecule has 1 aliphatic heterocycles. The molecule has 0 aromatic heterocycles. The molecule has 17 heavy (non-hydrogen) atoms. The van der Waals surface area contributed by atoms with E-state index in [0.29, 0.717) is 0 Å². The zero-order chi connectivity index (χ0) is 12.0. The van der Waals surface area contributed by atoms with Gasteiger partial charge in [-0.2, -0.15) is 0 Å². The number of rotatable bonds is 2. The summed E-state index contributed by atoms with van der Waals surface area (Å²) in [6, 6.07) is 0. The van der Waals surface area contributed by atoms with Crippen molar-refractivity contribution in [3.8, 4) is 0 Å². The fraction of sp³-hybridized carbons (Fsp3) is 0.500. The molecular weight excluding hydrogens is 224 g/mol. The predicted molar refractivity (Wildman–Crippen MR) is 56.1 cm³/mol. The quantitative estimate of drug-likeness (QED) is 0.417. The van der Waals surface area contributed by atoms with Gasteiger partial charge in [0.25, 0.3) is 0 Å². The second-order valence-electron chi connectivity index (χ2n) is 4.51. The largest absolute Gasteiger partial charge is 0.519 e. The molecule has 5 nitrogen and oxygen atoms in total. The fourth-order valence-corrected chi connectivity index (χ4v) is 2.99. The van der Waals surface area contributed by atoms with Crippen molar-refractivity contribution in [1.29, 1.82) is 0 Å². The van der Waals surface area contributed by atoms with Gasteiger partial charge in [0.1, 0.15) is 12.2 Å². The van der Waals surface area contributed by atoms with Crippen LogP contribution in [0.5, 0.6) is 0 Å². The number of cyclic esters (lactones) is 2. The molecule has 4 unspecified atom stereocenters. The monoisotopic (exact) mass is 236 g/mol. The van der Waals surface area contributed by atoms with Crippen molar-refractivity contribution >= 4 is 12.3 Å². The summed E-state index contributed by atoms with van der Waals surface area (Å²) in [6.45, 7) is 3.70. The van der Waals surface area contributed by atoms with Crippen molar-refractivity contribution in [3.63, 3.8) is 0 Å². The lowest BCUT2D eigenvalue weighted by Gasteiger charge is -2.26. The van der Waals surface area contributed by atoms with Gasteiger partial charge in [0.2, 0.25) is 0 Å². The van der Waals surface area contributed by atoms with E-state index >= 15 is 0 Å². The fourth-order valence-electron chi connectivity index (χ4n) is 2.99. The minimum absolute atomic E-state index is 0.124. The van der Waals surface area contributed by atoms with Crippen LogP contribution in [0.4, 0.5) is 9.59 Å². The molecular formula is C12H12O5. The first-order valence-corrected chi connectivity index (χ1v) is 5.59. The van der Waals surface area contributed by atoms with Crippen LogP contribution in [0.2, 0.25) is 0 Å². The van der Waals surface area contributed by atoms with Crippen LogP contribution >= 0.6 is 0 Å². The molecule has 0 radical (unpaired) electrons. The Balaban J connectivity index is 1.88. The number of fused-ring (bicyclic) bond motifs is 5. The van der Waals surface area contributed by atoms with Gasteiger partial charge in [-0.15, -0.1) is 6.58 Å². The van der Waals surface area contributed by atoms with E-state index in [2.05, 4.69) is 17.4 Å². The Morgan fingerprint density at radius 3 is 2.71 bits per heavy atom. The number of allylic oxidation sites excluding steroid dienone is 1. The third-order valence-corrected chi connectivity index (χ3v) is 3.58. The van der Waals surface area contributed by atoms with Gasteiger partial charge in [0.05, 0.1) is 0 Å². The third kappa shape index (κ3) is 1.53. The molecule has 3 rings (SSSR count). The summed E-state index contributed by atoms with van der Waals surface area (Å²) in [6.07, 6.45) is 2.83. The molecule has 4 atom stereocenters. The molecule has 90 valence electrons. The number of hydrogen-bond acceptors (Lipinski definition) is 5. The number of ether oxygens (including phenoxy) is 3. The maximum Gasteiger partial charge on any atom is 0.519 e. The molecule has 1 saturated heterocycles. The van der Waals surface area contributed by atoms with Crippen molar-refractivity contribution in [3.05, 3.63) is 24.3 Å². The Bertz CT molecular complexity index is 425. The highest BCUT2D eigenvalue weighted by Crippen LogP contribution is 2.48. The van der Waals surface area contributed by atoms with Crippen LogP contribution in [0, 0.1) is 11.8 Å². The molecule has 5 heteroatoms. The Hall–Kier alpha value is -1.78. The summed E-state index contributed by atoms with van der Waals surface area (Å²) >= 11 is 0. The highest BCUT2D eigenvalue weighted by Gasteiger charge is 2.54. The average molecular weight is 236 g/mol. The summed E-state index contributed by atoms with van der Waals surface area (Å²) in [5.74, 6) is 0.250. The molecule has 1 saturated carbocycles. The number of hydrogen-bond donors (Lipinski definition) is 0. The summed E-state index contributed by atoms with van der Waals surface area (Å²) < 4.78 is 14.5. The summed E-state index contributed by atoms with van der Waals surface area (Å²) in [4.78, 5) is 22.3. The highest BCUT2D eigenvalue weighted by atomic mass is 16.8. The molecule has 3 aliphatic rings. The Morgan fingerprint density at radius 1 is 1.29 bits per heavy atom. The zero-order valence-electron chi connectivity index (χ0n) is 9.13. The first-order chi connectivity index (χ1) is 8.19. The molecule has 0 aromatic carbocycles. The molecule has 2 aliphatic carbocycles. The predicted octanol–water partition coefficient (Wildman–Crippen LogP) is 2.18. The van der Waals surface area contributed by atoms with Crippen LogP contribution in [0.25, 0.3) is 0 Å². The van der Waals surface area contributed by atoms with Crippen LogP contribution in [0.3, 0.4) is 0 Å². The number of carbonyl (C=O) groups excluding carboxylic acids is 2. The second-order valence-corrected chi connectivity index (χ2v) is 4.51. The topological polar surface area (TPSA) is 61.8 Å². The van der Waals surface area contributed by atoms with Crippen LogP contribution < -0.4 is 0 Å². The van der Waals surface area contributed by atoms with E-state index in [1.807, 2.05) is 6.08 Å². The Kier molecular flexibility index (Phi) is 2.21. The van der Waals surface area contributed by atoms with Crippen molar-refractivity contribution in [1.82, 2.24) is 0 Å². The zero-order valence-corrected chi connectivity index (χ0v) is 9.13. The van der Waals surface area contributed by atoms with E-state index in [-0.39, 0.29) is 11.8 Å². The SMILES string of the molecule is C=CCC1=CC2CC1C1OC(=O)OC(=O)OC21. The van der Waals surface area contributed by atoms with Gasteiger partial charge < -0.3 is 14.2 Å². The van der Waals surface area contributed by atoms with E-state index in [9.17, 15) is 9.59 Å². The van der Waals surface area contributed by atoms with Crippen LogP contribution in [0.15, 0.2) is 24.3 Å². The van der Waals surface area contributed by atoms with Gasteiger partial charge in [-0.05, 0) is 12.8 Å². The minimum atomic E-state index is -0.965. The molecule has 2 fully saturated rings. The lowest BCUT2D eigenvalue weighted by molar-refractivity contribution is 0.00582. The van der Waals surface area contributed by atoms with Crippen molar-refractivity contribution in [2.75, 3.05) is 0 Å². The van der Waals surface area contributed by atoms with Crippen LogP contribution in [-0.4, -0.2) is 24.5 Å². The van der Waals surface area contributed by atoms with Gasteiger partial charge in [-0.1, -0.05) is 17.7 Å². The lowest BCUT2D eigenvalue weighted by atomic mass is 9.91. The van der Waals surface area contributed by atoms with Crippen molar-refractivity contribution in [2.45, 2.75) is 25.0 Å². The molecule has 0 amide bonds. The van der Waals surface area contributed by atoms with Gasteiger partial charge >= 0.3 is 12.3 Å². The maximum atomic E-state index is 11.2. The van der Waals surface area contributed by atoms with Crippen molar-refractivity contribution in [2.24, 2.45) is 11.8 Å². The summed E-state index contributed by atoms with van der Waals surface area (Å²) in [7, 11) is 0. The van der Waals surface area contributed by atoms with Crippen LogP contribution in [0.1, 0.15) is 12.8 Å². The minimum Gasteiger partial charge on any atom is -0.426 e. The normalized spacial score (nSPS) is 38.5. The maximum absolute atomic E-state index is 11.2. The van der Waals surface area contributed by atoms with Crippen molar-refractivity contribution < 1.29 is 23.8 Å². The van der Waals surface area contributed by atoms with Crippen LogP contribution in [-0.2, 0) is 14.2 Å². The average Bonchev–Trinajstić information content (AvgIpc) is 2.74. The molecule has 0 spiro atoms. The first kappa shape index (κ1) is 10.4. The summed E-state index contributed by atoms with van der Waals surface area (Å²) in [5, 5.41) is 0. The molecule has 0 N–H and O–H groups in total.